The van der Waals surface area contributed by atoms with E-state index in [4.69, 9.17) is 4.74 Å². The van der Waals surface area contributed by atoms with E-state index >= 15 is 0 Å². The molecule has 4 nitrogen and oxygen atoms in total. The first kappa shape index (κ1) is 19.6. The Morgan fingerprint density at radius 3 is 2.85 bits per heavy atom. The Hall–Kier alpha value is -1.13. The average Bonchev–Trinajstić information content (AvgIpc) is 3.33. The number of unbranched alkanes of at least 4 members (excludes halogenated alkanes) is 1. The van der Waals surface area contributed by atoms with Gasteiger partial charge in [-0.25, -0.2) is 0 Å². The maximum absolute atomic E-state index is 11.3. The molecule has 2 saturated carbocycles. The van der Waals surface area contributed by atoms with Crippen molar-refractivity contribution in [1.82, 2.24) is 0 Å². The lowest BCUT2D eigenvalue weighted by Crippen LogP contribution is -2.23. The van der Waals surface area contributed by atoms with E-state index in [-0.39, 0.29) is 29.5 Å². The molecular formula is C22H34O4. The summed E-state index contributed by atoms with van der Waals surface area (Å²) in [4.78, 5) is 11.3. The topological polar surface area (TPSA) is 66.8 Å². The van der Waals surface area contributed by atoms with E-state index in [1.54, 1.807) is 0 Å². The first-order valence-electron chi connectivity index (χ1n) is 10.3. The number of hydrogen-bond donors (Lipinski definition) is 2. The van der Waals surface area contributed by atoms with Crippen LogP contribution >= 0.6 is 0 Å². The second kappa shape index (κ2) is 8.71. The molecule has 4 heteroatoms. The predicted molar refractivity (Wildman–Crippen MR) is 101 cm³/mol. The number of carbonyl (C=O) groups is 1. The highest BCUT2D eigenvalue weighted by atomic mass is 16.5. The minimum atomic E-state index is -0.367. The second-order valence-electron chi connectivity index (χ2n) is 8.53. The Kier molecular flexibility index (Phi) is 6.57. The third-order valence-corrected chi connectivity index (χ3v) is 6.99. The average molecular weight is 363 g/mol. The minimum absolute atomic E-state index is 0.0584. The number of aliphatic hydroxyl groups excluding tert-OH is 2. The molecule has 0 saturated heterocycles. The van der Waals surface area contributed by atoms with E-state index in [0.29, 0.717) is 18.3 Å². The Balaban J connectivity index is 1.57. The maximum Gasteiger partial charge on any atom is 0.305 e. The van der Waals surface area contributed by atoms with Crippen LogP contribution in [0.4, 0.5) is 0 Å². The summed E-state index contributed by atoms with van der Waals surface area (Å²) in [6.07, 6.45) is 17.7. The monoisotopic (exact) mass is 362 g/mol. The van der Waals surface area contributed by atoms with Crippen LogP contribution in [0.1, 0.15) is 64.2 Å². The third kappa shape index (κ3) is 4.23. The van der Waals surface area contributed by atoms with E-state index in [2.05, 4.69) is 18.2 Å². The molecule has 2 fully saturated rings. The van der Waals surface area contributed by atoms with Gasteiger partial charge in [-0.15, -0.1) is 0 Å². The molecule has 0 bridgehead atoms. The quantitative estimate of drug-likeness (QED) is 0.392. The van der Waals surface area contributed by atoms with Crippen LogP contribution in [0.5, 0.6) is 0 Å². The molecule has 0 aromatic carbocycles. The van der Waals surface area contributed by atoms with Crippen LogP contribution in [-0.2, 0) is 9.53 Å². The number of methoxy groups -OCH3 is 1. The molecule has 0 amide bonds. The van der Waals surface area contributed by atoms with Crippen molar-refractivity contribution in [2.75, 3.05) is 7.11 Å². The van der Waals surface area contributed by atoms with Gasteiger partial charge < -0.3 is 14.9 Å². The second-order valence-corrected chi connectivity index (χ2v) is 8.53. The highest BCUT2D eigenvalue weighted by Gasteiger charge is 2.51. The van der Waals surface area contributed by atoms with Crippen molar-refractivity contribution in [2.24, 2.45) is 23.2 Å². The van der Waals surface area contributed by atoms with E-state index in [1.807, 2.05) is 6.08 Å². The number of allylic oxidation sites excluding steroid dienone is 2. The van der Waals surface area contributed by atoms with E-state index in [9.17, 15) is 15.0 Å². The summed E-state index contributed by atoms with van der Waals surface area (Å²) in [7, 11) is 1.43. The van der Waals surface area contributed by atoms with Gasteiger partial charge in [-0.1, -0.05) is 43.6 Å². The van der Waals surface area contributed by atoms with Crippen LogP contribution in [0.15, 0.2) is 24.3 Å². The van der Waals surface area contributed by atoms with Gasteiger partial charge in [0.1, 0.15) is 0 Å². The van der Waals surface area contributed by atoms with E-state index in [0.717, 1.165) is 44.9 Å². The molecule has 0 aliphatic heterocycles. The van der Waals surface area contributed by atoms with Crippen LogP contribution in [0.2, 0.25) is 0 Å². The minimum Gasteiger partial charge on any atom is -0.469 e. The number of fused-ring (bicyclic) bond motifs is 1. The number of ether oxygens (including phenoxy) is 1. The van der Waals surface area contributed by atoms with Crippen LogP contribution in [-0.4, -0.2) is 35.5 Å². The summed E-state index contributed by atoms with van der Waals surface area (Å²) in [5.74, 6) is 0.799. The highest BCUT2D eigenvalue weighted by Crippen LogP contribution is 2.56. The fourth-order valence-corrected chi connectivity index (χ4v) is 5.52. The zero-order valence-electron chi connectivity index (χ0n) is 16.0. The number of carbonyl (C=O) groups excluding carboxylic acids is 1. The summed E-state index contributed by atoms with van der Waals surface area (Å²) in [6, 6.07) is 0. The molecule has 2 N–H and O–H groups in total. The first-order valence-corrected chi connectivity index (χ1v) is 10.3. The molecule has 4 unspecified atom stereocenters. The summed E-state index contributed by atoms with van der Waals surface area (Å²) < 4.78 is 4.71. The van der Waals surface area contributed by atoms with E-state index < -0.39 is 0 Å². The van der Waals surface area contributed by atoms with Crippen molar-refractivity contribution in [3.8, 4) is 0 Å². The van der Waals surface area contributed by atoms with Gasteiger partial charge in [0.05, 0.1) is 19.3 Å². The lowest BCUT2D eigenvalue weighted by Gasteiger charge is -2.29. The van der Waals surface area contributed by atoms with Crippen molar-refractivity contribution < 1.29 is 19.7 Å². The number of rotatable bonds is 8. The van der Waals surface area contributed by atoms with Gasteiger partial charge in [-0.3, -0.25) is 4.79 Å². The van der Waals surface area contributed by atoms with Gasteiger partial charge in [0.15, 0.2) is 0 Å². The number of esters is 1. The summed E-state index contributed by atoms with van der Waals surface area (Å²) in [5, 5.41) is 21.1. The smallest absolute Gasteiger partial charge is 0.305 e. The van der Waals surface area contributed by atoms with Gasteiger partial charge >= 0.3 is 5.97 Å². The van der Waals surface area contributed by atoms with Crippen molar-refractivity contribution in [3.05, 3.63) is 24.3 Å². The van der Waals surface area contributed by atoms with Crippen molar-refractivity contribution in [2.45, 2.75) is 76.4 Å². The van der Waals surface area contributed by atoms with Crippen molar-refractivity contribution in [3.63, 3.8) is 0 Å². The van der Waals surface area contributed by atoms with Crippen molar-refractivity contribution in [1.29, 1.82) is 0 Å². The zero-order chi connectivity index (χ0) is 18.6. The molecule has 0 spiro atoms. The molecule has 3 rings (SSSR count). The summed E-state index contributed by atoms with van der Waals surface area (Å²) in [6.45, 7) is 0. The molecule has 5 atom stereocenters. The van der Waals surface area contributed by atoms with Gasteiger partial charge in [-0.2, -0.15) is 0 Å². The van der Waals surface area contributed by atoms with Crippen LogP contribution in [0, 0.1) is 23.2 Å². The molecule has 0 aromatic heterocycles. The molecule has 0 heterocycles. The van der Waals surface area contributed by atoms with Crippen LogP contribution in [0.25, 0.3) is 0 Å². The first-order chi connectivity index (χ1) is 12.6. The Morgan fingerprint density at radius 1 is 1.35 bits per heavy atom. The van der Waals surface area contributed by atoms with Gasteiger partial charge in [-0.05, 0) is 55.8 Å². The van der Waals surface area contributed by atoms with E-state index in [1.165, 1.54) is 20.0 Å². The fraction of sp³-hybridized carbons (Fsp3) is 0.773. The highest BCUT2D eigenvalue weighted by molar-refractivity contribution is 5.68. The van der Waals surface area contributed by atoms with Gasteiger partial charge in [0.25, 0.3) is 0 Å². The molecule has 3 aliphatic rings. The predicted octanol–water partition coefficient (Wildman–Crippen LogP) is 3.77. The number of aliphatic hydroxyl groups is 2. The Bertz CT molecular complexity index is 534. The summed E-state index contributed by atoms with van der Waals surface area (Å²) in [5.41, 5.74) is 0.0584. The number of hydrogen-bond acceptors (Lipinski definition) is 4. The summed E-state index contributed by atoms with van der Waals surface area (Å²) >= 11 is 0. The standard InChI is InChI=1S/C22H34O4/c1-26-21(25)10-4-5-13-22-14-6-9-18(22)17(20(24)15-22)11-12-19(23)16-7-2-3-8-16/h6,11-12,14,16-20,23-24H,2-5,7-10,13,15H2,1H3/b12-11+/t17?,18?,19-,20?,22?/m1/s1. The molecular weight excluding hydrogens is 328 g/mol. The lowest BCUT2D eigenvalue weighted by atomic mass is 9.74. The maximum atomic E-state index is 11.3. The molecule has 3 aliphatic carbocycles. The van der Waals surface area contributed by atoms with Crippen LogP contribution in [0.3, 0.4) is 0 Å². The van der Waals surface area contributed by atoms with Crippen molar-refractivity contribution >= 4 is 5.97 Å². The molecule has 0 radical (unpaired) electrons. The lowest BCUT2D eigenvalue weighted by molar-refractivity contribution is -0.140. The molecule has 0 aromatic rings. The zero-order valence-corrected chi connectivity index (χ0v) is 16.0. The van der Waals surface area contributed by atoms with Crippen LogP contribution < -0.4 is 0 Å². The van der Waals surface area contributed by atoms with Gasteiger partial charge in [0, 0.05) is 12.3 Å². The fourth-order valence-electron chi connectivity index (χ4n) is 5.52. The van der Waals surface area contributed by atoms with Gasteiger partial charge in [0.2, 0.25) is 0 Å². The molecule has 26 heavy (non-hydrogen) atoms. The Morgan fingerprint density at radius 2 is 2.12 bits per heavy atom. The largest absolute Gasteiger partial charge is 0.469 e. The molecule has 146 valence electrons. The third-order valence-electron chi connectivity index (χ3n) is 6.99. The SMILES string of the molecule is COC(=O)CCCCC12C=CCC1C(/C=C/[C@@H](O)C1CCCC1)C(O)C2. The normalized spacial score (nSPS) is 35.3. The Labute approximate surface area is 157 Å².